The van der Waals surface area contributed by atoms with Crippen molar-refractivity contribution in [3.05, 3.63) is 39.5 Å². The summed E-state index contributed by atoms with van der Waals surface area (Å²) in [6.45, 7) is 5.23. The number of carboxylic acids is 1. The van der Waals surface area contributed by atoms with Crippen molar-refractivity contribution < 1.29 is 14.6 Å². The molecule has 112 valence electrons. The molecule has 0 aliphatic rings. The van der Waals surface area contributed by atoms with Gasteiger partial charge in [0.05, 0.1) is 9.13 Å². The zero-order chi connectivity index (χ0) is 15.4. The van der Waals surface area contributed by atoms with E-state index in [4.69, 9.17) is 9.84 Å². The molecule has 0 unspecified atom stereocenters. The highest BCUT2D eigenvalue weighted by Gasteiger charge is 2.11. The Morgan fingerprint density at radius 3 is 2.90 bits per heavy atom. The predicted octanol–water partition coefficient (Wildman–Crippen LogP) is 2.82. The van der Waals surface area contributed by atoms with Gasteiger partial charge in [0.15, 0.2) is 5.82 Å². The molecule has 1 aromatic carbocycles. The molecular weight excluding hydrogens is 385 g/mol. The first kappa shape index (κ1) is 15.7. The maximum atomic E-state index is 11.0. The van der Waals surface area contributed by atoms with Gasteiger partial charge >= 0.3 is 5.97 Å². The Labute approximate surface area is 136 Å². The lowest BCUT2D eigenvalue weighted by Crippen LogP contribution is -2.12. The number of nitrogens with zero attached hydrogens (tertiary/aromatic N) is 3. The number of hydrogen-bond acceptors (Lipinski definition) is 4. The zero-order valence-corrected chi connectivity index (χ0v) is 13.9. The summed E-state index contributed by atoms with van der Waals surface area (Å²) < 4.78 is 8.36. The Morgan fingerprint density at radius 1 is 1.48 bits per heavy atom. The summed E-state index contributed by atoms with van der Waals surface area (Å²) in [5.41, 5.74) is 0.203. The summed E-state index contributed by atoms with van der Waals surface area (Å²) in [6, 6.07) is 4.80. The first-order valence-electron chi connectivity index (χ1n) is 6.49. The van der Waals surface area contributed by atoms with E-state index in [1.807, 2.05) is 0 Å². The lowest BCUT2D eigenvalue weighted by Gasteiger charge is -2.11. The molecule has 1 aromatic heterocycles. The fourth-order valence-electron chi connectivity index (χ4n) is 1.79. The van der Waals surface area contributed by atoms with E-state index in [0.717, 1.165) is 15.9 Å². The molecule has 21 heavy (non-hydrogen) atoms. The van der Waals surface area contributed by atoms with E-state index in [-0.39, 0.29) is 12.2 Å². The Kier molecular flexibility index (Phi) is 5.16. The molecule has 2 aromatic rings. The lowest BCUT2D eigenvalue weighted by atomic mass is 10.2. The largest absolute Gasteiger partial charge is 0.484 e. The van der Waals surface area contributed by atoms with Gasteiger partial charge in [0, 0.05) is 6.54 Å². The number of carboxylic acid groups (broad SMARTS) is 1. The van der Waals surface area contributed by atoms with Gasteiger partial charge in [0.1, 0.15) is 18.7 Å². The highest BCUT2D eigenvalue weighted by atomic mass is 127. The molecule has 0 amide bonds. The molecule has 0 saturated carbocycles. The summed E-state index contributed by atoms with van der Waals surface area (Å²) in [5.74, 6) is 0.745. The van der Waals surface area contributed by atoms with Crippen LogP contribution in [0.4, 0.5) is 0 Å². The normalized spacial score (nSPS) is 10.9. The van der Waals surface area contributed by atoms with E-state index < -0.39 is 5.97 Å². The van der Waals surface area contributed by atoms with Crippen LogP contribution in [0.15, 0.2) is 24.5 Å². The minimum Gasteiger partial charge on any atom is -0.484 e. The molecule has 0 spiro atoms. The second-order valence-electron chi connectivity index (χ2n) is 4.99. The third-order valence-electron chi connectivity index (χ3n) is 2.77. The van der Waals surface area contributed by atoms with E-state index >= 15 is 0 Å². The molecule has 6 nitrogen and oxygen atoms in total. The molecule has 2 rings (SSSR count). The van der Waals surface area contributed by atoms with Gasteiger partial charge in [-0.05, 0) is 46.7 Å². The van der Waals surface area contributed by atoms with Crippen molar-refractivity contribution in [1.29, 1.82) is 0 Å². The van der Waals surface area contributed by atoms with Gasteiger partial charge in [0.25, 0.3) is 0 Å². The van der Waals surface area contributed by atoms with Crippen LogP contribution >= 0.6 is 22.6 Å². The topological polar surface area (TPSA) is 77.2 Å². The van der Waals surface area contributed by atoms with Crippen LogP contribution in [0.5, 0.6) is 5.75 Å². The van der Waals surface area contributed by atoms with Gasteiger partial charge in [-0.15, -0.1) is 0 Å². The van der Waals surface area contributed by atoms with Crippen molar-refractivity contribution in [3.8, 4) is 5.75 Å². The molecule has 0 saturated heterocycles. The molecule has 1 heterocycles. The molecule has 1 N–H and O–H groups in total. The van der Waals surface area contributed by atoms with Crippen LogP contribution in [-0.4, -0.2) is 25.8 Å². The van der Waals surface area contributed by atoms with Gasteiger partial charge in [-0.2, -0.15) is 5.10 Å². The number of rotatable bonds is 6. The van der Waals surface area contributed by atoms with Crippen molar-refractivity contribution in [2.24, 2.45) is 5.92 Å². The zero-order valence-electron chi connectivity index (χ0n) is 11.8. The highest BCUT2D eigenvalue weighted by Crippen LogP contribution is 2.23. The first-order valence-corrected chi connectivity index (χ1v) is 7.57. The quantitative estimate of drug-likeness (QED) is 0.754. The fraction of sp³-hybridized carbons (Fsp3) is 0.357. The van der Waals surface area contributed by atoms with E-state index in [9.17, 15) is 4.79 Å². The maximum absolute atomic E-state index is 11.0. The average Bonchev–Trinajstić information content (AvgIpc) is 2.84. The van der Waals surface area contributed by atoms with Crippen molar-refractivity contribution in [3.63, 3.8) is 0 Å². The molecule has 0 aliphatic heterocycles. The van der Waals surface area contributed by atoms with Gasteiger partial charge in [-0.3, -0.25) is 0 Å². The third-order valence-corrected chi connectivity index (χ3v) is 3.66. The Balaban J connectivity index is 2.11. The number of aromatic carboxylic acids is 1. The molecule has 7 heteroatoms. The molecule has 0 radical (unpaired) electrons. The van der Waals surface area contributed by atoms with Gasteiger partial charge in [-0.1, -0.05) is 13.8 Å². The van der Waals surface area contributed by atoms with Crippen LogP contribution in [0.25, 0.3) is 0 Å². The second kappa shape index (κ2) is 6.88. The first-order chi connectivity index (χ1) is 9.97. The molecular formula is C14H16IN3O3. The Hall–Kier alpha value is -1.64. The monoisotopic (exact) mass is 401 g/mol. The second-order valence-corrected chi connectivity index (χ2v) is 6.15. The highest BCUT2D eigenvalue weighted by molar-refractivity contribution is 14.1. The minimum absolute atomic E-state index is 0.203. The van der Waals surface area contributed by atoms with E-state index in [0.29, 0.717) is 11.7 Å². The summed E-state index contributed by atoms with van der Waals surface area (Å²) in [7, 11) is 0. The standard InChI is InChI=1S/C14H16IN3O3/c1-9(2)6-18-13(16-8-17-18)7-21-12-5-10(14(19)20)3-4-11(12)15/h3-5,8-9H,6-7H2,1-2H3,(H,19,20). The average molecular weight is 401 g/mol. The minimum atomic E-state index is -0.973. The van der Waals surface area contributed by atoms with Crippen LogP contribution < -0.4 is 4.74 Å². The van der Waals surface area contributed by atoms with Crippen LogP contribution in [0.2, 0.25) is 0 Å². The third kappa shape index (κ3) is 4.16. The summed E-state index contributed by atoms with van der Waals surface area (Å²) in [4.78, 5) is 15.2. The van der Waals surface area contributed by atoms with Crippen LogP contribution in [0.3, 0.4) is 0 Å². The predicted molar refractivity (Wildman–Crippen MR) is 85.3 cm³/mol. The maximum Gasteiger partial charge on any atom is 0.335 e. The van der Waals surface area contributed by atoms with Gasteiger partial charge in [-0.25, -0.2) is 14.5 Å². The Morgan fingerprint density at radius 2 is 2.24 bits per heavy atom. The van der Waals surface area contributed by atoms with Crippen molar-refractivity contribution >= 4 is 28.6 Å². The fourth-order valence-corrected chi connectivity index (χ4v) is 2.28. The molecule has 0 aliphatic carbocycles. The SMILES string of the molecule is CC(C)Cn1ncnc1COc1cc(C(=O)O)ccc1I. The van der Waals surface area contributed by atoms with E-state index in [1.54, 1.807) is 16.8 Å². The van der Waals surface area contributed by atoms with Gasteiger partial charge < -0.3 is 9.84 Å². The van der Waals surface area contributed by atoms with Crippen molar-refractivity contribution in [1.82, 2.24) is 14.8 Å². The van der Waals surface area contributed by atoms with E-state index in [2.05, 4.69) is 46.5 Å². The number of benzene rings is 1. The summed E-state index contributed by atoms with van der Waals surface area (Å²) in [5, 5.41) is 13.2. The Bertz CT molecular complexity index is 640. The summed E-state index contributed by atoms with van der Waals surface area (Å²) in [6.07, 6.45) is 1.50. The number of ether oxygens (including phenoxy) is 1. The number of hydrogen-bond donors (Lipinski definition) is 1. The van der Waals surface area contributed by atoms with Gasteiger partial charge in [0.2, 0.25) is 0 Å². The number of halogens is 1. The molecule has 0 bridgehead atoms. The van der Waals surface area contributed by atoms with Crippen LogP contribution in [0.1, 0.15) is 30.0 Å². The molecule has 0 atom stereocenters. The molecule has 0 fully saturated rings. The number of carbonyl (C=O) groups is 1. The van der Waals surface area contributed by atoms with E-state index in [1.165, 1.54) is 12.4 Å². The van der Waals surface area contributed by atoms with Crippen LogP contribution in [0, 0.1) is 9.49 Å². The van der Waals surface area contributed by atoms with Crippen LogP contribution in [-0.2, 0) is 13.2 Å². The lowest BCUT2D eigenvalue weighted by molar-refractivity contribution is 0.0696. The van der Waals surface area contributed by atoms with Crippen molar-refractivity contribution in [2.75, 3.05) is 0 Å². The summed E-state index contributed by atoms with van der Waals surface area (Å²) >= 11 is 2.11. The van der Waals surface area contributed by atoms with Crippen molar-refractivity contribution in [2.45, 2.75) is 27.0 Å². The smallest absolute Gasteiger partial charge is 0.335 e. The number of aromatic nitrogens is 3.